The highest BCUT2D eigenvalue weighted by atomic mass is 32.2. The van der Waals surface area contributed by atoms with Gasteiger partial charge in [0.05, 0.1) is 37.6 Å². The molecule has 0 spiro atoms. The van der Waals surface area contributed by atoms with Crippen molar-refractivity contribution in [3.8, 4) is 0 Å². The highest BCUT2D eigenvalue weighted by Crippen LogP contribution is 2.49. The predicted octanol–water partition coefficient (Wildman–Crippen LogP) is 5.71. The van der Waals surface area contributed by atoms with Crippen LogP contribution < -0.4 is 20.4 Å². The molecular formula is C40H40N6O4S2. The zero-order valence-electron chi connectivity index (χ0n) is 29.1. The lowest BCUT2D eigenvalue weighted by atomic mass is 10.1. The standard InChI is InChI=1S/C40H40N6O4S2/c1-27-13-15-33-31(21-27)45(23-29-9-5-3-6-10-29)25-39(51-33,37-41-17-18-42-37)49-35(47)36(48)50-40(38-43-19-20-44-38)26-46(24-30-11-7-4-8-12-30)32-22-28(2)14-16-34(32)52-40/h3-16,21-22H,17-20,23-26H2,1-2H3,(H,41,42)(H,43,44). The number of ether oxygens (including phenoxy) is 2. The Labute approximate surface area is 312 Å². The van der Waals surface area contributed by atoms with Crippen molar-refractivity contribution in [2.24, 2.45) is 9.98 Å². The molecule has 4 aromatic rings. The summed E-state index contributed by atoms with van der Waals surface area (Å²) < 4.78 is 12.7. The molecule has 4 aliphatic heterocycles. The Hall–Kier alpha value is -4.94. The number of benzene rings is 4. The third-order valence-electron chi connectivity index (χ3n) is 9.44. The third kappa shape index (κ3) is 6.84. The smallest absolute Gasteiger partial charge is 0.419 e. The molecule has 52 heavy (non-hydrogen) atoms. The van der Waals surface area contributed by atoms with Gasteiger partial charge in [-0.3, -0.25) is 9.98 Å². The lowest BCUT2D eigenvalue weighted by Crippen LogP contribution is -2.58. The van der Waals surface area contributed by atoms with E-state index >= 15 is 0 Å². The van der Waals surface area contributed by atoms with Crippen molar-refractivity contribution in [2.45, 2.75) is 46.6 Å². The van der Waals surface area contributed by atoms with Gasteiger partial charge in [-0.25, -0.2) is 9.59 Å². The molecule has 266 valence electrons. The first-order valence-corrected chi connectivity index (χ1v) is 19.1. The molecule has 0 radical (unpaired) electrons. The van der Waals surface area contributed by atoms with Gasteiger partial charge < -0.3 is 29.9 Å². The Morgan fingerprint density at radius 1 is 0.654 bits per heavy atom. The topological polar surface area (TPSA) is 108 Å². The van der Waals surface area contributed by atoms with Gasteiger partial charge in [-0.15, -0.1) is 0 Å². The summed E-state index contributed by atoms with van der Waals surface area (Å²) in [5.74, 6) is -1.10. The second-order valence-electron chi connectivity index (χ2n) is 13.4. The van der Waals surface area contributed by atoms with E-state index in [9.17, 15) is 9.59 Å². The minimum Gasteiger partial charge on any atom is -0.429 e. The first-order valence-electron chi connectivity index (χ1n) is 17.5. The number of hydrogen-bond acceptors (Lipinski definition) is 12. The Morgan fingerprint density at radius 3 is 1.46 bits per heavy atom. The maximum absolute atomic E-state index is 14.2. The molecule has 0 aromatic heterocycles. The normalized spacial score (nSPS) is 22.0. The van der Waals surface area contributed by atoms with E-state index in [-0.39, 0.29) is 13.1 Å². The number of fused-ring (bicyclic) bond motifs is 2. The maximum Gasteiger partial charge on any atom is 0.419 e. The number of carbonyl (C=O) groups is 2. The Morgan fingerprint density at radius 2 is 1.08 bits per heavy atom. The van der Waals surface area contributed by atoms with E-state index in [2.05, 4.69) is 70.7 Å². The van der Waals surface area contributed by atoms with Crippen LogP contribution in [0.4, 0.5) is 11.4 Å². The molecule has 2 N–H and O–H groups in total. The van der Waals surface area contributed by atoms with E-state index < -0.39 is 21.8 Å². The summed E-state index contributed by atoms with van der Waals surface area (Å²) in [6.45, 7) is 8.15. The van der Waals surface area contributed by atoms with Crippen LogP contribution >= 0.6 is 23.5 Å². The first-order chi connectivity index (χ1) is 25.3. The molecule has 4 aliphatic rings. The van der Waals surface area contributed by atoms with Gasteiger partial charge in [-0.2, -0.15) is 0 Å². The number of nitrogens with one attached hydrogen (secondary N) is 2. The highest BCUT2D eigenvalue weighted by molar-refractivity contribution is 8.01. The van der Waals surface area contributed by atoms with Crippen molar-refractivity contribution in [3.63, 3.8) is 0 Å². The fraction of sp³-hybridized carbons (Fsp3) is 0.300. The van der Waals surface area contributed by atoms with Gasteiger partial charge in [0.1, 0.15) is 0 Å². The number of thioether (sulfide) groups is 2. The van der Waals surface area contributed by atoms with Crippen molar-refractivity contribution in [1.29, 1.82) is 0 Å². The molecule has 0 aliphatic carbocycles. The molecule has 4 heterocycles. The number of hydrogen-bond donors (Lipinski definition) is 2. The maximum atomic E-state index is 14.2. The van der Waals surface area contributed by atoms with Crippen LogP contribution in [0.1, 0.15) is 22.3 Å². The van der Waals surface area contributed by atoms with Gasteiger partial charge in [0.25, 0.3) is 0 Å². The largest absolute Gasteiger partial charge is 0.429 e. The quantitative estimate of drug-likeness (QED) is 0.173. The van der Waals surface area contributed by atoms with Gasteiger partial charge in [-0.1, -0.05) is 96.3 Å². The second kappa shape index (κ2) is 14.2. The SMILES string of the molecule is Cc1ccc2c(c1)N(Cc1ccccc1)CC(OC(=O)C(=O)OC1(C3=NCCN3)CN(Cc3ccccc3)c3cc(C)ccc3S1)(C1=NCCN1)S2. The van der Waals surface area contributed by atoms with E-state index in [1.165, 1.54) is 23.5 Å². The van der Waals surface area contributed by atoms with E-state index in [1.54, 1.807) is 0 Å². The highest BCUT2D eigenvalue weighted by Gasteiger charge is 2.52. The number of nitrogens with zero attached hydrogens (tertiary/aromatic N) is 4. The lowest BCUT2D eigenvalue weighted by Gasteiger charge is -2.44. The summed E-state index contributed by atoms with van der Waals surface area (Å²) in [6, 6.07) is 32.8. The molecule has 0 amide bonds. The number of amidine groups is 2. The van der Waals surface area contributed by atoms with Crippen molar-refractivity contribution in [3.05, 3.63) is 119 Å². The number of aryl methyl sites for hydroxylation is 2. The number of carbonyl (C=O) groups excluding carboxylic acids is 2. The van der Waals surface area contributed by atoms with Crippen LogP contribution in [0.3, 0.4) is 0 Å². The number of aliphatic imine (C=N–C) groups is 2. The van der Waals surface area contributed by atoms with Crippen LogP contribution in [-0.2, 0) is 32.2 Å². The van der Waals surface area contributed by atoms with Gasteiger partial charge in [0, 0.05) is 36.0 Å². The molecule has 10 nitrogen and oxygen atoms in total. The minimum absolute atomic E-state index is 0.277. The first kappa shape index (κ1) is 34.2. The van der Waals surface area contributed by atoms with E-state index in [0.29, 0.717) is 50.9 Å². The summed E-state index contributed by atoms with van der Waals surface area (Å²) in [5, 5.41) is 6.70. The molecule has 2 unspecified atom stereocenters. The van der Waals surface area contributed by atoms with Crippen molar-refractivity contribution < 1.29 is 19.1 Å². The van der Waals surface area contributed by atoms with Crippen LogP contribution in [0, 0.1) is 13.8 Å². The van der Waals surface area contributed by atoms with Gasteiger partial charge in [-0.05, 0) is 60.4 Å². The van der Waals surface area contributed by atoms with Crippen molar-refractivity contribution in [2.75, 3.05) is 49.1 Å². The molecule has 12 heteroatoms. The second-order valence-corrected chi connectivity index (χ2v) is 16.0. The van der Waals surface area contributed by atoms with Gasteiger partial charge in [0.2, 0.25) is 9.87 Å². The summed E-state index contributed by atoms with van der Waals surface area (Å²) in [4.78, 5) is 41.5. The monoisotopic (exact) mass is 732 g/mol. The van der Waals surface area contributed by atoms with Crippen molar-refractivity contribution >= 4 is 58.5 Å². The fourth-order valence-electron chi connectivity index (χ4n) is 7.04. The molecule has 2 atom stereocenters. The molecule has 8 rings (SSSR count). The van der Waals surface area contributed by atoms with Crippen LogP contribution in [0.5, 0.6) is 0 Å². The van der Waals surface area contributed by atoms with Gasteiger partial charge >= 0.3 is 11.9 Å². The van der Waals surface area contributed by atoms with Crippen LogP contribution in [0.15, 0.2) is 117 Å². The number of rotatable bonds is 8. The summed E-state index contributed by atoms with van der Waals surface area (Å²) in [5.41, 5.74) is 6.55. The molecule has 0 bridgehead atoms. The van der Waals surface area contributed by atoms with Crippen molar-refractivity contribution in [1.82, 2.24) is 10.6 Å². The van der Waals surface area contributed by atoms with E-state index in [0.717, 1.165) is 43.4 Å². The van der Waals surface area contributed by atoms with Crippen LogP contribution in [0.2, 0.25) is 0 Å². The third-order valence-corrected chi connectivity index (χ3v) is 12.0. The fourth-order valence-corrected chi connectivity index (χ4v) is 9.75. The summed E-state index contributed by atoms with van der Waals surface area (Å²) >= 11 is 2.80. The number of anilines is 2. The lowest BCUT2D eigenvalue weighted by molar-refractivity contribution is -0.172. The van der Waals surface area contributed by atoms with Crippen LogP contribution in [0.25, 0.3) is 0 Å². The Kier molecular flexibility index (Phi) is 9.35. The van der Waals surface area contributed by atoms with Crippen LogP contribution in [-0.4, -0.2) is 72.7 Å². The molecule has 4 aromatic carbocycles. The average molecular weight is 733 g/mol. The van der Waals surface area contributed by atoms with E-state index in [1.807, 2.05) is 60.7 Å². The summed E-state index contributed by atoms with van der Waals surface area (Å²) in [6.07, 6.45) is 0. The molecule has 0 fully saturated rings. The number of esters is 2. The Balaban J connectivity index is 1.12. The summed E-state index contributed by atoms with van der Waals surface area (Å²) in [7, 11) is 0. The molecular weight excluding hydrogens is 693 g/mol. The van der Waals surface area contributed by atoms with Gasteiger partial charge in [0.15, 0.2) is 11.7 Å². The zero-order valence-corrected chi connectivity index (χ0v) is 30.8. The predicted molar refractivity (Wildman–Crippen MR) is 207 cm³/mol. The minimum atomic E-state index is -1.32. The molecule has 0 saturated carbocycles. The molecule has 0 saturated heterocycles. The zero-order chi connectivity index (χ0) is 35.7. The van der Waals surface area contributed by atoms with E-state index in [4.69, 9.17) is 19.5 Å². The average Bonchev–Trinajstić information content (AvgIpc) is 3.90. The Bertz CT molecular complexity index is 1910.